The summed E-state index contributed by atoms with van der Waals surface area (Å²) in [4.78, 5) is 0. The Morgan fingerprint density at radius 3 is 2.57 bits per heavy atom. The van der Waals surface area contributed by atoms with E-state index in [1.165, 1.54) is 18.2 Å². The number of nitrogens with zero attached hydrogens (tertiary/aromatic N) is 1. The normalized spacial score (nSPS) is 14.5. The summed E-state index contributed by atoms with van der Waals surface area (Å²) in [5.41, 5.74) is -0.0951. The molecule has 0 radical (unpaired) electrons. The molecule has 0 heterocycles. The van der Waals surface area contributed by atoms with Gasteiger partial charge in [0.15, 0.2) is 6.10 Å². The third-order valence-corrected chi connectivity index (χ3v) is 2.21. The SMILES string of the molecule is N#CC(O)C(O)c1ccc(Br)cc1F. The van der Waals surface area contributed by atoms with Gasteiger partial charge < -0.3 is 10.2 Å². The standard InChI is InChI=1S/C9H7BrFNO2/c10-5-1-2-6(7(11)3-5)9(14)8(13)4-12/h1-3,8-9,13-14H. The van der Waals surface area contributed by atoms with E-state index in [9.17, 15) is 9.50 Å². The molecule has 0 fully saturated rings. The summed E-state index contributed by atoms with van der Waals surface area (Å²) in [6.45, 7) is 0. The number of rotatable bonds is 2. The predicted molar refractivity (Wildman–Crippen MR) is 50.7 cm³/mol. The van der Waals surface area contributed by atoms with Gasteiger partial charge in [-0.15, -0.1) is 0 Å². The Morgan fingerprint density at radius 1 is 1.43 bits per heavy atom. The van der Waals surface area contributed by atoms with Crippen molar-refractivity contribution < 1.29 is 14.6 Å². The second-order valence-electron chi connectivity index (χ2n) is 2.68. The van der Waals surface area contributed by atoms with Crippen LogP contribution in [-0.2, 0) is 0 Å². The molecular weight excluding hydrogens is 253 g/mol. The van der Waals surface area contributed by atoms with Crippen molar-refractivity contribution in [2.45, 2.75) is 12.2 Å². The minimum absolute atomic E-state index is 0.0951. The Balaban J connectivity index is 3.03. The maximum absolute atomic E-state index is 13.2. The molecule has 1 aromatic rings. The fraction of sp³-hybridized carbons (Fsp3) is 0.222. The zero-order chi connectivity index (χ0) is 10.7. The van der Waals surface area contributed by atoms with E-state index in [4.69, 9.17) is 10.4 Å². The first-order valence-electron chi connectivity index (χ1n) is 3.77. The van der Waals surface area contributed by atoms with E-state index in [0.29, 0.717) is 4.47 Å². The van der Waals surface area contributed by atoms with Gasteiger partial charge in [0, 0.05) is 10.0 Å². The molecule has 0 saturated heterocycles. The van der Waals surface area contributed by atoms with Crippen LogP contribution in [0.15, 0.2) is 22.7 Å². The minimum atomic E-state index is -1.62. The fourth-order valence-electron chi connectivity index (χ4n) is 0.982. The van der Waals surface area contributed by atoms with Crippen LogP contribution in [-0.4, -0.2) is 16.3 Å². The smallest absolute Gasteiger partial charge is 0.170 e. The predicted octanol–water partition coefficient (Wildman–Crippen LogP) is 1.51. The molecule has 0 saturated carbocycles. The van der Waals surface area contributed by atoms with Crippen LogP contribution in [0.3, 0.4) is 0 Å². The van der Waals surface area contributed by atoms with Crippen molar-refractivity contribution >= 4 is 15.9 Å². The van der Waals surface area contributed by atoms with E-state index < -0.39 is 18.0 Å². The summed E-state index contributed by atoms with van der Waals surface area (Å²) in [5.74, 6) is -0.666. The van der Waals surface area contributed by atoms with Crippen LogP contribution in [0.2, 0.25) is 0 Å². The highest BCUT2D eigenvalue weighted by molar-refractivity contribution is 9.10. The molecule has 2 unspecified atom stereocenters. The monoisotopic (exact) mass is 259 g/mol. The molecule has 3 nitrogen and oxygen atoms in total. The number of aliphatic hydroxyl groups excluding tert-OH is 2. The largest absolute Gasteiger partial charge is 0.384 e. The second kappa shape index (κ2) is 4.51. The van der Waals surface area contributed by atoms with E-state index in [2.05, 4.69) is 15.9 Å². The van der Waals surface area contributed by atoms with Gasteiger partial charge in [0.25, 0.3) is 0 Å². The first kappa shape index (κ1) is 11.1. The number of halogens is 2. The quantitative estimate of drug-likeness (QED) is 0.792. The van der Waals surface area contributed by atoms with Gasteiger partial charge >= 0.3 is 0 Å². The average molecular weight is 260 g/mol. The van der Waals surface area contributed by atoms with Crippen molar-refractivity contribution in [1.82, 2.24) is 0 Å². The molecule has 14 heavy (non-hydrogen) atoms. The Hall–Kier alpha value is -0.960. The topological polar surface area (TPSA) is 64.2 Å². The highest BCUT2D eigenvalue weighted by Crippen LogP contribution is 2.23. The maximum Gasteiger partial charge on any atom is 0.170 e. The van der Waals surface area contributed by atoms with Gasteiger partial charge in [-0.05, 0) is 12.1 Å². The van der Waals surface area contributed by atoms with Crippen LogP contribution >= 0.6 is 15.9 Å². The summed E-state index contributed by atoms with van der Waals surface area (Å²) in [6, 6.07) is 5.42. The van der Waals surface area contributed by atoms with Crippen molar-refractivity contribution in [3.63, 3.8) is 0 Å². The van der Waals surface area contributed by atoms with Gasteiger partial charge in [-0.1, -0.05) is 22.0 Å². The van der Waals surface area contributed by atoms with Crippen molar-refractivity contribution in [1.29, 1.82) is 5.26 Å². The summed E-state index contributed by atoms with van der Waals surface area (Å²) in [5, 5.41) is 26.6. The highest BCUT2D eigenvalue weighted by atomic mass is 79.9. The van der Waals surface area contributed by atoms with Crippen LogP contribution in [0.1, 0.15) is 11.7 Å². The number of benzene rings is 1. The molecule has 2 N–H and O–H groups in total. The zero-order valence-electron chi connectivity index (χ0n) is 6.98. The molecule has 0 aliphatic rings. The lowest BCUT2D eigenvalue weighted by Gasteiger charge is -2.12. The molecule has 5 heteroatoms. The van der Waals surface area contributed by atoms with E-state index in [1.54, 1.807) is 0 Å². The highest BCUT2D eigenvalue weighted by Gasteiger charge is 2.20. The van der Waals surface area contributed by atoms with Crippen molar-refractivity contribution in [3.05, 3.63) is 34.1 Å². The number of nitriles is 1. The molecule has 0 spiro atoms. The molecule has 0 aliphatic heterocycles. The fourth-order valence-corrected chi connectivity index (χ4v) is 1.32. The van der Waals surface area contributed by atoms with Crippen molar-refractivity contribution in [3.8, 4) is 6.07 Å². The Labute approximate surface area is 88.5 Å². The van der Waals surface area contributed by atoms with E-state index in [-0.39, 0.29) is 5.56 Å². The molecule has 0 bridgehead atoms. The molecular formula is C9H7BrFNO2. The summed E-state index contributed by atoms with van der Waals surface area (Å²) >= 11 is 3.05. The molecule has 1 rings (SSSR count). The first-order valence-corrected chi connectivity index (χ1v) is 4.56. The van der Waals surface area contributed by atoms with Gasteiger partial charge in [0.1, 0.15) is 11.9 Å². The van der Waals surface area contributed by atoms with E-state index in [1.807, 2.05) is 0 Å². The van der Waals surface area contributed by atoms with Crippen LogP contribution < -0.4 is 0 Å². The minimum Gasteiger partial charge on any atom is -0.384 e. The van der Waals surface area contributed by atoms with Crippen LogP contribution in [0.5, 0.6) is 0 Å². The van der Waals surface area contributed by atoms with Gasteiger partial charge in [0.05, 0.1) is 6.07 Å². The van der Waals surface area contributed by atoms with Crippen LogP contribution in [0.4, 0.5) is 4.39 Å². The number of hydrogen-bond acceptors (Lipinski definition) is 3. The summed E-state index contributed by atoms with van der Waals surface area (Å²) < 4.78 is 13.7. The van der Waals surface area contributed by atoms with Crippen molar-refractivity contribution in [2.75, 3.05) is 0 Å². The molecule has 0 aromatic heterocycles. The van der Waals surface area contributed by atoms with Gasteiger partial charge in [0.2, 0.25) is 0 Å². The molecule has 2 atom stereocenters. The van der Waals surface area contributed by atoms with Gasteiger partial charge in [-0.3, -0.25) is 0 Å². The van der Waals surface area contributed by atoms with Gasteiger partial charge in [-0.2, -0.15) is 5.26 Å². The molecule has 1 aromatic carbocycles. The lowest BCUT2D eigenvalue weighted by atomic mass is 10.0. The van der Waals surface area contributed by atoms with Crippen molar-refractivity contribution in [2.24, 2.45) is 0 Å². The number of hydrogen-bond donors (Lipinski definition) is 2. The Bertz CT molecular complexity index is 378. The molecule has 74 valence electrons. The third-order valence-electron chi connectivity index (χ3n) is 1.71. The van der Waals surface area contributed by atoms with Gasteiger partial charge in [-0.25, -0.2) is 4.39 Å². The molecule has 0 aliphatic carbocycles. The number of aliphatic hydroxyl groups is 2. The van der Waals surface area contributed by atoms with Crippen LogP contribution in [0, 0.1) is 17.1 Å². The van der Waals surface area contributed by atoms with E-state index in [0.717, 1.165) is 6.07 Å². The lowest BCUT2D eigenvalue weighted by Crippen LogP contribution is -2.16. The Kier molecular flexibility index (Phi) is 3.58. The summed E-state index contributed by atoms with van der Waals surface area (Å²) in [7, 11) is 0. The third kappa shape index (κ3) is 2.29. The maximum atomic E-state index is 13.2. The first-order chi connectivity index (χ1) is 6.56. The van der Waals surface area contributed by atoms with E-state index >= 15 is 0 Å². The average Bonchev–Trinajstić information content (AvgIpc) is 2.15. The summed E-state index contributed by atoms with van der Waals surface area (Å²) in [6.07, 6.45) is -3.14. The Morgan fingerprint density at radius 2 is 2.07 bits per heavy atom. The zero-order valence-corrected chi connectivity index (χ0v) is 8.57. The second-order valence-corrected chi connectivity index (χ2v) is 3.60. The lowest BCUT2D eigenvalue weighted by molar-refractivity contribution is 0.0503. The molecule has 0 amide bonds. The van der Waals surface area contributed by atoms with Crippen LogP contribution in [0.25, 0.3) is 0 Å².